The molecule has 0 aromatic rings. The summed E-state index contributed by atoms with van der Waals surface area (Å²) in [5.74, 6) is 0.862. The monoisotopic (exact) mass is 230 g/mol. The van der Waals surface area contributed by atoms with Crippen molar-refractivity contribution in [2.24, 2.45) is 5.73 Å². The van der Waals surface area contributed by atoms with E-state index in [1.165, 1.54) is 0 Å². The molecule has 1 aliphatic heterocycles. The average molecular weight is 230 g/mol. The molecule has 1 saturated heterocycles. The van der Waals surface area contributed by atoms with Gasteiger partial charge in [-0.05, 0) is 12.8 Å². The highest BCUT2D eigenvalue weighted by Gasteiger charge is 2.22. The van der Waals surface area contributed by atoms with Crippen LogP contribution in [0.5, 0.6) is 0 Å². The molecular formula is C11H22N2OS. The molecule has 3 nitrogen and oxygen atoms in total. The molecule has 1 amide bonds. The number of nitrogens with two attached hydrogens (primary N) is 1. The minimum absolute atomic E-state index is 0.169. The highest BCUT2D eigenvalue weighted by molar-refractivity contribution is 8.01. The molecule has 1 fully saturated rings. The number of carbonyl (C=O) groups is 1. The summed E-state index contributed by atoms with van der Waals surface area (Å²) in [7, 11) is 0. The molecule has 0 aromatic carbocycles. The molecule has 0 aliphatic carbocycles. The van der Waals surface area contributed by atoms with Crippen molar-refractivity contribution in [3.8, 4) is 0 Å². The third kappa shape index (κ3) is 4.89. The fourth-order valence-electron chi connectivity index (χ4n) is 1.52. The highest BCUT2D eigenvalue weighted by atomic mass is 32.2. The first-order chi connectivity index (χ1) is 6.88. The number of hydrogen-bond donors (Lipinski definition) is 1. The summed E-state index contributed by atoms with van der Waals surface area (Å²) in [6.45, 7) is 8.08. The lowest BCUT2D eigenvalue weighted by Crippen LogP contribution is -2.43. The van der Waals surface area contributed by atoms with E-state index in [-0.39, 0.29) is 10.7 Å². The van der Waals surface area contributed by atoms with Gasteiger partial charge >= 0.3 is 0 Å². The van der Waals surface area contributed by atoms with Crippen molar-refractivity contribution in [1.29, 1.82) is 0 Å². The number of amides is 1. The molecule has 1 rings (SSSR count). The van der Waals surface area contributed by atoms with Crippen LogP contribution in [0.25, 0.3) is 0 Å². The molecular weight excluding hydrogens is 208 g/mol. The molecule has 1 aliphatic rings. The van der Waals surface area contributed by atoms with E-state index in [1.807, 2.05) is 4.90 Å². The number of likely N-dealkylation sites (tertiary alicyclic amines) is 1. The van der Waals surface area contributed by atoms with E-state index in [1.54, 1.807) is 11.8 Å². The van der Waals surface area contributed by atoms with Crippen LogP contribution in [0, 0.1) is 0 Å². The first-order valence-corrected chi connectivity index (χ1v) is 6.54. The van der Waals surface area contributed by atoms with E-state index in [9.17, 15) is 4.79 Å². The van der Waals surface area contributed by atoms with E-state index in [2.05, 4.69) is 20.8 Å². The van der Waals surface area contributed by atoms with Crippen LogP contribution in [0.4, 0.5) is 0 Å². The Morgan fingerprint density at radius 2 is 1.93 bits per heavy atom. The molecule has 0 atom stereocenters. The molecule has 0 aromatic heterocycles. The van der Waals surface area contributed by atoms with Gasteiger partial charge in [-0.25, -0.2) is 0 Å². The molecule has 0 saturated carbocycles. The average Bonchev–Trinajstić information content (AvgIpc) is 2.14. The zero-order valence-corrected chi connectivity index (χ0v) is 10.8. The Hall–Kier alpha value is -0.220. The third-order valence-electron chi connectivity index (χ3n) is 2.52. The number of piperidine rings is 1. The summed E-state index contributed by atoms with van der Waals surface area (Å²) in [6.07, 6.45) is 1.90. The predicted octanol–water partition coefficient (Wildman–Crippen LogP) is 1.47. The standard InChI is InChI=1S/C11H22N2OS/c1-11(2,3)15-8-10(14)13-6-4-9(12)5-7-13/h9H,4-8,12H2,1-3H3. The second-order valence-electron chi connectivity index (χ2n) is 5.12. The summed E-state index contributed by atoms with van der Waals surface area (Å²) in [6, 6.07) is 0.296. The maximum Gasteiger partial charge on any atom is 0.232 e. The van der Waals surface area contributed by atoms with E-state index >= 15 is 0 Å². The van der Waals surface area contributed by atoms with Gasteiger partial charge in [0.25, 0.3) is 0 Å². The van der Waals surface area contributed by atoms with Gasteiger partial charge in [0.2, 0.25) is 5.91 Å². The smallest absolute Gasteiger partial charge is 0.232 e. The summed E-state index contributed by atoms with van der Waals surface area (Å²) >= 11 is 1.71. The number of rotatable bonds is 2. The summed E-state index contributed by atoms with van der Waals surface area (Å²) in [5.41, 5.74) is 5.80. The highest BCUT2D eigenvalue weighted by Crippen LogP contribution is 2.23. The van der Waals surface area contributed by atoms with Gasteiger partial charge in [-0.2, -0.15) is 0 Å². The quantitative estimate of drug-likeness (QED) is 0.781. The molecule has 2 N–H and O–H groups in total. The second kappa shape index (κ2) is 5.21. The maximum absolute atomic E-state index is 11.8. The Morgan fingerprint density at radius 1 is 1.40 bits per heavy atom. The molecule has 4 heteroatoms. The van der Waals surface area contributed by atoms with Gasteiger partial charge < -0.3 is 10.6 Å². The van der Waals surface area contributed by atoms with Gasteiger partial charge in [0.05, 0.1) is 5.75 Å². The Bertz CT molecular complexity index is 217. The Morgan fingerprint density at radius 3 is 2.40 bits per heavy atom. The van der Waals surface area contributed by atoms with Crippen LogP contribution in [0.3, 0.4) is 0 Å². The fraction of sp³-hybridized carbons (Fsp3) is 0.909. The predicted molar refractivity (Wildman–Crippen MR) is 66.0 cm³/mol. The lowest BCUT2D eigenvalue weighted by Gasteiger charge is -2.31. The summed E-state index contributed by atoms with van der Waals surface area (Å²) in [4.78, 5) is 13.8. The lowest BCUT2D eigenvalue weighted by atomic mass is 10.1. The van der Waals surface area contributed by atoms with E-state index in [0.29, 0.717) is 11.8 Å². The molecule has 15 heavy (non-hydrogen) atoms. The van der Waals surface area contributed by atoms with Crippen LogP contribution in [0.1, 0.15) is 33.6 Å². The van der Waals surface area contributed by atoms with E-state index in [0.717, 1.165) is 25.9 Å². The minimum Gasteiger partial charge on any atom is -0.342 e. The molecule has 1 heterocycles. The first-order valence-electron chi connectivity index (χ1n) is 5.56. The molecule has 0 radical (unpaired) electrons. The van der Waals surface area contributed by atoms with Crippen molar-refractivity contribution in [2.45, 2.75) is 44.4 Å². The molecule has 0 unspecified atom stereocenters. The van der Waals surface area contributed by atoms with Gasteiger partial charge in [-0.3, -0.25) is 4.79 Å². The molecule has 0 bridgehead atoms. The van der Waals surface area contributed by atoms with E-state index in [4.69, 9.17) is 5.73 Å². The van der Waals surface area contributed by atoms with Crippen LogP contribution < -0.4 is 5.73 Å². The van der Waals surface area contributed by atoms with Crippen molar-refractivity contribution in [1.82, 2.24) is 4.90 Å². The van der Waals surface area contributed by atoms with Gasteiger partial charge in [0.1, 0.15) is 0 Å². The lowest BCUT2D eigenvalue weighted by molar-refractivity contribution is -0.129. The number of carbonyl (C=O) groups excluding carboxylic acids is 1. The second-order valence-corrected chi connectivity index (χ2v) is 6.92. The van der Waals surface area contributed by atoms with Crippen LogP contribution in [-0.2, 0) is 4.79 Å². The zero-order valence-electron chi connectivity index (χ0n) is 9.95. The van der Waals surface area contributed by atoms with Crippen molar-refractivity contribution in [2.75, 3.05) is 18.8 Å². The van der Waals surface area contributed by atoms with Crippen LogP contribution in [-0.4, -0.2) is 40.4 Å². The Kier molecular flexibility index (Phi) is 4.46. The SMILES string of the molecule is CC(C)(C)SCC(=O)N1CCC(N)CC1. The molecule has 0 spiro atoms. The third-order valence-corrected chi connectivity index (χ3v) is 3.78. The topological polar surface area (TPSA) is 46.3 Å². The van der Waals surface area contributed by atoms with Crippen LogP contribution in [0.2, 0.25) is 0 Å². The van der Waals surface area contributed by atoms with Crippen molar-refractivity contribution in [3.05, 3.63) is 0 Å². The van der Waals surface area contributed by atoms with E-state index < -0.39 is 0 Å². The van der Waals surface area contributed by atoms with Gasteiger partial charge in [-0.15, -0.1) is 11.8 Å². The fourth-order valence-corrected chi connectivity index (χ4v) is 2.26. The number of nitrogens with zero attached hydrogens (tertiary/aromatic N) is 1. The van der Waals surface area contributed by atoms with Crippen LogP contribution >= 0.6 is 11.8 Å². The van der Waals surface area contributed by atoms with Gasteiger partial charge in [0.15, 0.2) is 0 Å². The van der Waals surface area contributed by atoms with Crippen molar-refractivity contribution >= 4 is 17.7 Å². The number of thioether (sulfide) groups is 1. The van der Waals surface area contributed by atoms with Crippen molar-refractivity contribution in [3.63, 3.8) is 0 Å². The molecule has 88 valence electrons. The Labute approximate surface area is 96.8 Å². The number of hydrogen-bond acceptors (Lipinski definition) is 3. The Balaban J connectivity index is 2.29. The van der Waals surface area contributed by atoms with Gasteiger partial charge in [-0.1, -0.05) is 20.8 Å². The summed E-state index contributed by atoms with van der Waals surface area (Å²) < 4.78 is 0.169. The zero-order chi connectivity index (χ0) is 11.5. The van der Waals surface area contributed by atoms with Crippen molar-refractivity contribution < 1.29 is 4.79 Å². The van der Waals surface area contributed by atoms with Crippen LogP contribution in [0.15, 0.2) is 0 Å². The van der Waals surface area contributed by atoms with Gasteiger partial charge in [0, 0.05) is 23.9 Å². The normalized spacial score (nSPS) is 19.3. The first kappa shape index (κ1) is 12.8. The maximum atomic E-state index is 11.8. The summed E-state index contributed by atoms with van der Waals surface area (Å²) in [5, 5.41) is 0. The largest absolute Gasteiger partial charge is 0.342 e. The minimum atomic E-state index is 0.169.